The van der Waals surface area contributed by atoms with Crippen LogP contribution in [0.5, 0.6) is 0 Å². The maximum atomic E-state index is 6.53. The van der Waals surface area contributed by atoms with Crippen molar-refractivity contribution in [1.29, 1.82) is 0 Å². The number of halogens is 1. The van der Waals surface area contributed by atoms with E-state index in [4.69, 9.17) is 21.6 Å². The lowest BCUT2D eigenvalue weighted by Crippen LogP contribution is -2.31. The summed E-state index contributed by atoms with van der Waals surface area (Å²) in [5.74, 6) is 0. The maximum Gasteiger partial charge on any atom is 0.198 e. The fraction of sp³-hybridized carbons (Fsp3) is 0.0323. The molecule has 4 aromatic carbocycles. The topological polar surface area (TPSA) is 51.6 Å². The number of nitrogens with zero attached hydrogens (tertiary/aromatic N) is 4. The Bertz CT molecular complexity index is 1750. The molecule has 0 bridgehead atoms. The van der Waals surface area contributed by atoms with Gasteiger partial charge in [-0.15, -0.1) is 0 Å². The van der Waals surface area contributed by atoms with E-state index in [-0.39, 0.29) is 0 Å². The monoisotopic (exact) mass is 482 g/mol. The third-order valence-electron chi connectivity index (χ3n) is 6.94. The number of fused-ring (bicyclic) bond motifs is 4. The smallest absolute Gasteiger partial charge is 0.198 e. The Hall–Kier alpha value is -4.41. The van der Waals surface area contributed by atoms with E-state index < -0.39 is 5.41 Å². The van der Waals surface area contributed by atoms with E-state index in [0.717, 1.165) is 44.8 Å². The first-order valence-electron chi connectivity index (χ1n) is 11.8. The van der Waals surface area contributed by atoms with Gasteiger partial charge in [0.1, 0.15) is 0 Å². The Morgan fingerprint density at radius 1 is 0.583 bits per heavy atom. The number of hydrogen-bond acceptors (Lipinski definition) is 4. The van der Waals surface area contributed by atoms with Crippen molar-refractivity contribution in [3.8, 4) is 22.4 Å². The van der Waals surface area contributed by atoms with Crippen molar-refractivity contribution in [3.63, 3.8) is 0 Å². The molecule has 7 rings (SSSR count). The van der Waals surface area contributed by atoms with Crippen LogP contribution in [0.4, 0.5) is 0 Å². The lowest BCUT2D eigenvalue weighted by Gasteiger charge is -2.33. The van der Waals surface area contributed by atoms with Gasteiger partial charge in [0, 0.05) is 23.0 Å². The van der Waals surface area contributed by atoms with Crippen LogP contribution in [0.2, 0.25) is 5.02 Å². The molecule has 0 aliphatic heterocycles. The summed E-state index contributed by atoms with van der Waals surface area (Å²) in [4.78, 5) is 19.3. The Morgan fingerprint density at radius 3 is 2.00 bits per heavy atom. The van der Waals surface area contributed by atoms with E-state index in [1.54, 1.807) is 12.4 Å². The summed E-state index contributed by atoms with van der Waals surface area (Å²) >= 11 is 6.53. The van der Waals surface area contributed by atoms with Crippen LogP contribution >= 0.6 is 11.6 Å². The van der Waals surface area contributed by atoms with Gasteiger partial charge in [-0.05, 0) is 39.9 Å². The quantitative estimate of drug-likeness (QED) is 0.269. The lowest BCUT2D eigenvalue weighted by atomic mass is 9.69. The average molecular weight is 483 g/mol. The van der Waals surface area contributed by atoms with Gasteiger partial charge in [-0.1, -0.05) is 103 Å². The Morgan fingerprint density at radius 2 is 1.22 bits per heavy atom. The van der Waals surface area contributed by atoms with E-state index in [0.29, 0.717) is 16.3 Å². The molecule has 4 nitrogen and oxygen atoms in total. The van der Waals surface area contributed by atoms with Crippen LogP contribution in [0, 0.1) is 0 Å². The van der Waals surface area contributed by atoms with Crippen LogP contribution in [0.3, 0.4) is 0 Å². The van der Waals surface area contributed by atoms with Crippen molar-refractivity contribution in [1.82, 2.24) is 19.9 Å². The summed E-state index contributed by atoms with van der Waals surface area (Å²) in [5, 5.41) is 0.700. The lowest BCUT2D eigenvalue weighted by molar-refractivity contribution is 0.735. The molecule has 0 fully saturated rings. The summed E-state index contributed by atoms with van der Waals surface area (Å²) < 4.78 is 0. The van der Waals surface area contributed by atoms with E-state index in [9.17, 15) is 0 Å². The summed E-state index contributed by atoms with van der Waals surface area (Å²) in [5.41, 5.74) is 8.50. The van der Waals surface area contributed by atoms with Gasteiger partial charge < -0.3 is 0 Å². The molecule has 2 aromatic heterocycles. The highest BCUT2D eigenvalue weighted by Gasteiger charge is 2.49. The molecule has 0 saturated carbocycles. The molecule has 0 saturated heterocycles. The minimum Gasteiger partial charge on any atom is -0.232 e. The fourth-order valence-corrected chi connectivity index (χ4v) is 5.68. The second kappa shape index (κ2) is 8.08. The molecule has 5 heteroatoms. The second-order valence-corrected chi connectivity index (χ2v) is 9.28. The first kappa shape index (κ1) is 20.9. The molecule has 0 radical (unpaired) electrons. The zero-order valence-electron chi connectivity index (χ0n) is 19.1. The van der Waals surface area contributed by atoms with Gasteiger partial charge in [0.05, 0.1) is 16.8 Å². The van der Waals surface area contributed by atoms with Crippen molar-refractivity contribution >= 4 is 22.9 Å². The van der Waals surface area contributed by atoms with Gasteiger partial charge >= 0.3 is 0 Å². The molecule has 1 unspecified atom stereocenters. The van der Waals surface area contributed by atoms with Crippen LogP contribution in [0.1, 0.15) is 22.4 Å². The van der Waals surface area contributed by atoms with Gasteiger partial charge in [-0.3, -0.25) is 0 Å². The molecule has 36 heavy (non-hydrogen) atoms. The van der Waals surface area contributed by atoms with E-state index in [1.165, 1.54) is 0 Å². The minimum absolute atomic E-state index is 0.516. The molecule has 0 amide bonds. The standard InChI is InChI=1S/C31H19ClN4/c32-22-15-16-26-24(19-22)23-13-7-8-14-25(23)31(26,21-11-5-2-6-12-21)28-27(20-9-3-1-4-10-20)35-29-30(36-28)34-18-17-33-29/h1-19H. The molecule has 1 aliphatic rings. The van der Waals surface area contributed by atoms with Crippen molar-refractivity contribution in [3.05, 3.63) is 143 Å². The Kier molecular flexibility index (Phi) is 4.69. The van der Waals surface area contributed by atoms with Gasteiger partial charge in [-0.2, -0.15) is 0 Å². The van der Waals surface area contributed by atoms with E-state index in [1.807, 2.05) is 30.3 Å². The molecule has 1 aliphatic carbocycles. The molecule has 0 N–H and O–H groups in total. The largest absolute Gasteiger partial charge is 0.232 e. The highest BCUT2D eigenvalue weighted by Crippen LogP contribution is 2.57. The van der Waals surface area contributed by atoms with Crippen LogP contribution in [0.15, 0.2) is 116 Å². The van der Waals surface area contributed by atoms with Gasteiger partial charge in [0.15, 0.2) is 11.3 Å². The zero-order chi connectivity index (χ0) is 24.1. The summed E-state index contributed by atoms with van der Waals surface area (Å²) in [6.45, 7) is 0. The molecule has 170 valence electrons. The second-order valence-electron chi connectivity index (χ2n) is 8.84. The predicted octanol–water partition coefficient (Wildman–Crippen LogP) is 7.10. The van der Waals surface area contributed by atoms with Crippen LogP contribution in [-0.4, -0.2) is 19.9 Å². The van der Waals surface area contributed by atoms with Gasteiger partial charge in [0.25, 0.3) is 0 Å². The number of aromatic nitrogens is 4. The predicted molar refractivity (Wildman–Crippen MR) is 143 cm³/mol. The van der Waals surface area contributed by atoms with E-state index >= 15 is 0 Å². The van der Waals surface area contributed by atoms with E-state index in [2.05, 4.69) is 82.8 Å². The highest BCUT2D eigenvalue weighted by molar-refractivity contribution is 6.31. The number of benzene rings is 4. The molecule has 0 spiro atoms. The van der Waals surface area contributed by atoms with Crippen molar-refractivity contribution in [2.75, 3.05) is 0 Å². The molecule has 2 heterocycles. The molecular weight excluding hydrogens is 464 g/mol. The Balaban J connectivity index is 1.71. The summed E-state index contributed by atoms with van der Waals surface area (Å²) in [6.07, 6.45) is 3.31. The van der Waals surface area contributed by atoms with Crippen molar-refractivity contribution in [2.45, 2.75) is 5.41 Å². The maximum absolute atomic E-state index is 6.53. The third kappa shape index (κ3) is 2.95. The first-order valence-corrected chi connectivity index (χ1v) is 12.1. The SMILES string of the molecule is Clc1ccc2c(c1)-c1ccccc1C2(c1ccccc1)c1nc2nccnc2nc1-c1ccccc1. The van der Waals surface area contributed by atoms with Crippen molar-refractivity contribution < 1.29 is 0 Å². The third-order valence-corrected chi connectivity index (χ3v) is 7.17. The zero-order valence-corrected chi connectivity index (χ0v) is 19.9. The molecule has 6 aromatic rings. The van der Waals surface area contributed by atoms with Crippen molar-refractivity contribution in [2.24, 2.45) is 0 Å². The fourth-order valence-electron chi connectivity index (χ4n) is 5.50. The summed E-state index contributed by atoms with van der Waals surface area (Å²) in [7, 11) is 0. The molecular formula is C31H19ClN4. The first-order chi connectivity index (χ1) is 17.8. The van der Waals surface area contributed by atoms with Crippen LogP contribution < -0.4 is 0 Å². The Labute approximate surface area is 213 Å². The minimum atomic E-state index is -0.721. The normalized spacial score (nSPS) is 16.0. The molecule has 1 atom stereocenters. The summed E-state index contributed by atoms with van der Waals surface area (Å²) in [6, 6.07) is 35.3. The van der Waals surface area contributed by atoms with Crippen LogP contribution in [0.25, 0.3) is 33.7 Å². The van der Waals surface area contributed by atoms with Gasteiger partial charge in [0.2, 0.25) is 0 Å². The van der Waals surface area contributed by atoms with Gasteiger partial charge in [-0.25, -0.2) is 19.9 Å². The highest BCUT2D eigenvalue weighted by atomic mass is 35.5. The number of hydrogen-bond donors (Lipinski definition) is 0. The number of rotatable bonds is 3. The van der Waals surface area contributed by atoms with Crippen LogP contribution in [-0.2, 0) is 5.41 Å². The average Bonchev–Trinajstić information content (AvgIpc) is 3.23.